The zero-order valence-corrected chi connectivity index (χ0v) is 25.6. The second-order valence-electron chi connectivity index (χ2n) is 9.87. The van der Waals surface area contributed by atoms with Crippen molar-refractivity contribution in [3.05, 3.63) is 99.1 Å². The molecule has 2 aliphatic rings. The molecule has 3 aromatic rings. The van der Waals surface area contributed by atoms with Crippen LogP contribution in [0.2, 0.25) is 5.02 Å². The van der Waals surface area contributed by atoms with Crippen LogP contribution in [0, 0.1) is 22.0 Å². The molecule has 1 saturated heterocycles. The molecule has 1 heterocycles. The number of hydrogen-bond acceptors (Lipinski definition) is 7. The summed E-state index contributed by atoms with van der Waals surface area (Å²) >= 11 is 13.1. The van der Waals surface area contributed by atoms with Gasteiger partial charge in [0.25, 0.3) is 23.4 Å². The Balaban J connectivity index is 1.38. The number of hydrogen-bond donors (Lipinski definition) is 0. The molecule has 0 unspecified atom stereocenters. The van der Waals surface area contributed by atoms with Gasteiger partial charge in [0.05, 0.1) is 16.8 Å². The van der Waals surface area contributed by atoms with E-state index in [4.69, 9.17) is 16.3 Å². The highest BCUT2D eigenvalue weighted by atomic mass is 79.9. The van der Waals surface area contributed by atoms with Crippen LogP contribution in [0.15, 0.2) is 72.8 Å². The van der Waals surface area contributed by atoms with E-state index < -0.39 is 46.8 Å². The molecule has 0 aromatic heterocycles. The highest BCUT2D eigenvalue weighted by Gasteiger charge is 2.54. The summed E-state index contributed by atoms with van der Waals surface area (Å²) in [6, 6.07) is 17.5. The summed E-state index contributed by atoms with van der Waals surface area (Å²) in [5.41, 5.74) is 0.304. The number of nitrogens with zero attached hydrogens (tertiary/aromatic N) is 3. The van der Waals surface area contributed by atoms with Gasteiger partial charge in [0.2, 0.25) is 0 Å². The highest BCUT2D eigenvalue weighted by Crippen LogP contribution is 2.43. The van der Waals surface area contributed by atoms with E-state index in [1.54, 1.807) is 0 Å². The average Bonchev–Trinajstić information content (AvgIpc) is 3.20. The quantitative estimate of drug-likeness (QED) is 0.0892. The highest BCUT2D eigenvalue weighted by molar-refractivity contribution is 9.12. The van der Waals surface area contributed by atoms with Crippen LogP contribution in [0.4, 0.5) is 5.69 Å². The van der Waals surface area contributed by atoms with Crippen molar-refractivity contribution in [1.29, 1.82) is 0 Å². The van der Waals surface area contributed by atoms with Gasteiger partial charge in [-0.15, -0.1) is 0 Å². The third-order valence-corrected chi connectivity index (χ3v) is 10.2. The molecule has 3 amide bonds. The lowest BCUT2D eigenvalue weighted by Gasteiger charge is -2.30. The van der Waals surface area contributed by atoms with Gasteiger partial charge < -0.3 is 4.74 Å². The summed E-state index contributed by atoms with van der Waals surface area (Å²) < 4.78 is 5.70. The zero-order valence-electron chi connectivity index (χ0n) is 21.7. The fourth-order valence-electron chi connectivity index (χ4n) is 5.00. The molecular weight excluding hydrogens is 698 g/mol. The first kappa shape index (κ1) is 29.9. The van der Waals surface area contributed by atoms with Gasteiger partial charge in [0, 0.05) is 37.9 Å². The van der Waals surface area contributed by atoms with Crippen molar-refractivity contribution in [2.45, 2.75) is 22.5 Å². The number of fused-ring (bicyclic) bond motifs is 1. The number of imide groups is 1. The van der Waals surface area contributed by atoms with Gasteiger partial charge in [0.1, 0.15) is 18.0 Å². The Bertz CT molecular complexity index is 1520. The Morgan fingerprint density at radius 2 is 1.33 bits per heavy atom. The van der Waals surface area contributed by atoms with Gasteiger partial charge in [-0.2, -0.15) is 5.01 Å². The van der Waals surface area contributed by atoms with E-state index in [1.807, 2.05) is 0 Å². The molecule has 216 valence electrons. The minimum atomic E-state index is -0.690. The molecule has 1 aliphatic carbocycles. The van der Waals surface area contributed by atoms with Crippen LogP contribution in [0.1, 0.15) is 33.6 Å². The lowest BCUT2D eigenvalue weighted by molar-refractivity contribution is -0.384. The van der Waals surface area contributed by atoms with Crippen LogP contribution in [0.5, 0.6) is 11.5 Å². The summed E-state index contributed by atoms with van der Waals surface area (Å²) in [5, 5.41) is 13.0. The van der Waals surface area contributed by atoms with Crippen molar-refractivity contribution >= 4 is 72.7 Å². The number of ketones is 1. The Hall–Kier alpha value is -3.61. The number of ether oxygens (including phenoxy) is 1. The number of carbonyl (C=O) groups is 4. The van der Waals surface area contributed by atoms with Crippen molar-refractivity contribution in [1.82, 2.24) is 10.0 Å². The van der Waals surface area contributed by atoms with E-state index >= 15 is 0 Å². The smallest absolute Gasteiger partial charge is 0.273 e. The van der Waals surface area contributed by atoms with Gasteiger partial charge in [-0.3, -0.25) is 29.3 Å². The maximum absolute atomic E-state index is 13.7. The number of halogens is 3. The van der Waals surface area contributed by atoms with Crippen LogP contribution in [0.25, 0.3) is 0 Å². The Kier molecular flexibility index (Phi) is 8.76. The number of nitro groups is 1. The third-order valence-electron chi connectivity index (χ3n) is 7.21. The molecule has 10 nitrogen and oxygen atoms in total. The SMILES string of the molecule is O=C(CN(C(=O)c1ccc(Cl)cc1)N1C(=O)[C@H]2C[C@@H](Br)[C@@H](Br)C[C@H]2C1=O)c1ccc(Oc2ccc([N+](=O)[O-])cc2)cc1. The van der Waals surface area contributed by atoms with Gasteiger partial charge in [-0.1, -0.05) is 43.5 Å². The summed E-state index contributed by atoms with van der Waals surface area (Å²) in [4.78, 5) is 64.4. The number of alkyl halides is 2. The van der Waals surface area contributed by atoms with Gasteiger partial charge in [0.15, 0.2) is 5.78 Å². The first-order chi connectivity index (χ1) is 20.0. The molecular formula is C29H22Br2ClN3O7. The van der Waals surface area contributed by atoms with Crippen LogP contribution in [0.3, 0.4) is 0 Å². The molecule has 0 spiro atoms. The van der Waals surface area contributed by atoms with E-state index in [1.165, 1.54) is 72.8 Å². The Morgan fingerprint density at radius 3 is 1.83 bits per heavy atom. The van der Waals surface area contributed by atoms with Crippen molar-refractivity contribution in [3.63, 3.8) is 0 Å². The number of hydrazine groups is 1. The molecule has 0 radical (unpaired) electrons. The van der Waals surface area contributed by atoms with E-state index in [9.17, 15) is 29.3 Å². The van der Waals surface area contributed by atoms with Gasteiger partial charge in [-0.25, -0.2) is 5.01 Å². The van der Waals surface area contributed by atoms with Crippen molar-refractivity contribution in [2.75, 3.05) is 6.54 Å². The molecule has 1 saturated carbocycles. The van der Waals surface area contributed by atoms with Crippen molar-refractivity contribution in [2.24, 2.45) is 11.8 Å². The maximum atomic E-state index is 13.7. The van der Waals surface area contributed by atoms with Crippen LogP contribution in [-0.4, -0.2) is 54.6 Å². The summed E-state index contributed by atoms with van der Waals surface area (Å²) in [7, 11) is 0. The maximum Gasteiger partial charge on any atom is 0.273 e. The molecule has 0 N–H and O–H groups in total. The molecule has 2 fully saturated rings. The zero-order chi connectivity index (χ0) is 30.1. The van der Waals surface area contributed by atoms with Crippen molar-refractivity contribution in [3.8, 4) is 11.5 Å². The topological polar surface area (TPSA) is 127 Å². The summed E-state index contributed by atoms with van der Waals surface area (Å²) in [5.74, 6) is -2.72. The van der Waals surface area contributed by atoms with E-state index in [0.29, 0.717) is 29.4 Å². The molecule has 1 aliphatic heterocycles. The number of benzene rings is 3. The predicted molar refractivity (Wildman–Crippen MR) is 160 cm³/mol. The number of carbonyl (C=O) groups excluding carboxylic acids is 4. The first-order valence-electron chi connectivity index (χ1n) is 12.8. The summed E-state index contributed by atoms with van der Waals surface area (Å²) in [6.07, 6.45) is 0.823. The predicted octanol–water partition coefficient (Wildman–Crippen LogP) is 6.20. The average molecular weight is 720 g/mol. The standard InChI is InChI=1S/C29H22Br2ClN3O7/c30-24-13-22-23(14-25(24)31)29(39)34(28(22)38)33(27(37)17-1-5-18(32)6-2-17)15-26(36)16-3-9-20(10-4-16)42-21-11-7-19(8-12-21)35(40)41/h1-12,22-25H,13-15H2/t22-,23+,24+,25-. The van der Waals surface area contributed by atoms with Crippen LogP contribution >= 0.6 is 43.5 Å². The van der Waals surface area contributed by atoms with E-state index in [-0.39, 0.29) is 26.5 Å². The van der Waals surface area contributed by atoms with Crippen LogP contribution < -0.4 is 4.74 Å². The lowest BCUT2D eigenvalue weighted by atomic mass is 9.81. The largest absolute Gasteiger partial charge is 0.457 e. The Morgan fingerprint density at radius 1 is 0.857 bits per heavy atom. The molecule has 0 bridgehead atoms. The van der Waals surface area contributed by atoms with Gasteiger partial charge in [-0.05, 0) is 73.5 Å². The van der Waals surface area contributed by atoms with Crippen LogP contribution in [-0.2, 0) is 9.59 Å². The normalized spacial score (nSPS) is 21.5. The molecule has 42 heavy (non-hydrogen) atoms. The Labute approximate surface area is 261 Å². The lowest BCUT2D eigenvalue weighted by Crippen LogP contribution is -2.52. The van der Waals surface area contributed by atoms with E-state index in [0.717, 1.165) is 10.0 Å². The fourth-order valence-corrected chi connectivity index (χ4v) is 6.36. The summed E-state index contributed by atoms with van der Waals surface area (Å²) in [6.45, 7) is -0.559. The fraction of sp³-hybridized carbons (Fsp3) is 0.241. The van der Waals surface area contributed by atoms with Gasteiger partial charge >= 0.3 is 0 Å². The molecule has 13 heteroatoms. The number of Topliss-reactive ketones (excluding diaryl/α,β-unsaturated/α-hetero) is 1. The van der Waals surface area contributed by atoms with Crippen molar-refractivity contribution < 1.29 is 28.8 Å². The molecule has 5 rings (SSSR count). The third kappa shape index (κ3) is 6.11. The first-order valence-corrected chi connectivity index (χ1v) is 15.0. The second-order valence-corrected chi connectivity index (χ2v) is 12.7. The number of non-ortho nitro benzene ring substituents is 1. The number of amides is 3. The number of rotatable bonds is 8. The molecule has 4 atom stereocenters. The molecule has 3 aromatic carbocycles. The number of nitro benzene ring substituents is 1. The monoisotopic (exact) mass is 717 g/mol. The van der Waals surface area contributed by atoms with E-state index in [2.05, 4.69) is 31.9 Å². The second kappa shape index (κ2) is 12.3. The minimum Gasteiger partial charge on any atom is -0.457 e. The minimum absolute atomic E-state index is 0.0239.